The summed E-state index contributed by atoms with van der Waals surface area (Å²) in [5, 5.41) is 0. The van der Waals surface area contributed by atoms with Gasteiger partial charge in [0.1, 0.15) is 6.10 Å². The second-order valence-electron chi connectivity index (χ2n) is 4.82. The lowest BCUT2D eigenvalue weighted by molar-refractivity contribution is -0.295. The fourth-order valence-corrected chi connectivity index (χ4v) is 2.40. The summed E-state index contributed by atoms with van der Waals surface area (Å²) < 4.78 is 5.44. The number of ether oxygens (including phenoxy) is 1. The lowest BCUT2D eigenvalue weighted by Crippen LogP contribution is -2.18. The monoisotopic (exact) mass is 240 g/mol. The molecular formula is C13H20O4. The van der Waals surface area contributed by atoms with Crippen LogP contribution in [0.4, 0.5) is 0 Å². The summed E-state index contributed by atoms with van der Waals surface area (Å²) in [7, 11) is 0. The predicted molar refractivity (Wildman–Crippen MR) is 61.9 cm³/mol. The molecule has 0 saturated heterocycles. The predicted octanol–water partition coefficient (Wildman–Crippen LogP) is 2.88. The molecule has 0 heterocycles. The van der Waals surface area contributed by atoms with Crippen LogP contribution in [0.3, 0.4) is 0 Å². The average molecular weight is 240 g/mol. The van der Waals surface area contributed by atoms with Gasteiger partial charge in [-0.3, -0.25) is 4.89 Å². The topological polar surface area (TPSA) is 44.8 Å². The Bertz CT molecular complexity index is 275. The molecule has 0 aliphatic heterocycles. The Labute approximate surface area is 102 Å². The molecule has 0 aromatic rings. The van der Waals surface area contributed by atoms with Crippen LogP contribution in [0.2, 0.25) is 0 Å². The second-order valence-corrected chi connectivity index (χ2v) is 4.82. The molecule has 17 heavy (non-hydrogen) atoms. The molecule has 0 N–H and O–H groups in total. The fourth-order valence-electron chi connectivity index (χ4n) is 2.40. The Morgan fingerprint density at radius 2 is 1.47 bits per heavy atom. The molecule has 2 fully saturated rings. The van der Waals surface area contributed by atoms with Crippen molar-refractivity contribution in [1.82, 2.24) is 0 Å². The van der Waals surface area contributed by atoms with Crippen LogP contribution >= 0.6 is 0 Å². The van der Waals surface area contributed by atoms with Gasteiger partial charge in [-0.1, -0.05) is 12.8 Å². The Kier molecular flexibility index (Phi) is 4.42. The molecule has 2 saturated carbocycles. The lowest BCUT2D eigenvalue weighted by Gasteiger charge is -2.14. The van der Waals surface area contributed by atoms with E-state index in [2.05, 4.69) is 6.58 Å². The number of rotatable bonds is 5. The van der Waals surface area contributed by atoms with E-state index in [0.717, 1.165) is 51.4 Å². The van der Waals surface area contributed by atoms with Crippen LogP contribution in [0.5, 0.6) is 0 Å². The van der Waals surface area contributed by atoms with Crippen LogP contribution < -0.4 is 0 Å². The number of carbonyl (C=O) groups is 1. The summed E-state index contributed by atoms with van der Waals surface area (Å²) >= 11 is 0. The van der Waals surface area contributed by atoms with E-state index in [9.17, 15) is 4.79 Å². The fraction of sp³-hybridized carbons (Fsp3) is 0.769. The summed E-state index contributed by atoms with van der Waals surface area (Å²) in [6.07, 6.45) is 8.69. The van der Waals surface area contributed by atoms with Crippen molar-refractivity contribution in [3.05, 3.63) is 12.3 Å². The van der Waals surface area contributed by atoms with Crippen molar-refractivity contribution in [3.8, 4) is 0 Å². The first-order chi connectivity index (χ1) is 8.25. The van der Waals surface area contributed by atoms with E-state index in [0.29, 0.717) is 0 Å². The average Bonchev–Trinajstić information content (AvgIpc) is 2.98. The highest BCUT2D eigenvalue weighted by atomic mass is 17.2. The van der Waals surface area contributed by atoms with E-state index >= 15 is 0 Å². The molecule has 0 aromatic carbocycles. The van der Waals surface area contributed by atoms with Gasteiger partial charge >= 0.3 is 5.97 Å². The molecule has 2 aliphatic carbocycles. The van der Waals surface area contributed by atoms with Crippen molar-refractivity contribution in [1.29, 1.82) is 0 Å². The van der Waals surface area contributed by atoms with Gasteiger partial charge < -0.3 is 4.74 Å². The van der Waals surface area contributed by atoms with Crippen molar-refractivity contribution in [2.24, 2.45) is 0 Å². The van der Waals surface area contributed by atoms with Gasteiger partial charge in [0.15, 0.2) is 0 Å². The van der Waals surface area contributed by atoms with E-state index in [1.54, 1.807) is 0 Å². The zero-order valence-corrected chi connectivity index (χ0v) is 10.2. The highest BCUT2D eigenvalue weighted by Crippen LogP contribution is 2.24. The Hall–Kier alpha value is -1.03. The van der Waals surface area contributed by atoms with Crippen LogP contribution in [0, 0.1) is 0 Å². The molecular weight excluding hydrogens is 220 g/mol. The molecule has 0 atom stereocenters. The first kappa shape index (κ1) is 12.4. The van der Waals surface area contributed by atoms with Crippen LogP contribution in [-0.4, -0.2) is 18.2 Å². The van der Waals surface area contributed by atoms with E-state index in [1.807, 2.05) is 0 Å². The Morgan fingerprint density at radius 1 is 0.941 bits per heavy atom. The van der Waals surface area contributed by atoms with Gasteiger partial charge in [-0.2, -0.15) is 4.89 Å². The normalized spacial score (nSPS) is 21.6. The number of hydrogen-bond donors (Lipinski definition) is 0. The minimum Gasteiger partial charge on any atom is -0.484 e. The van der Waals surface area contributed by atoms with Crippen molar-refractivity contribution in [2.75, 3.05) is 0 Å². The van der Waals surface area contributed by atoms with Gasteiger partial charge in [-0.05, 0) is 45.1 Å². The van der Waals surface area contributed by atoms with Gasteiger partial charge in [-0.15, -0.1) is 0 Å². The highest BCUT2D eigenvalue weighted by molar-refractivity contribution is 5.85. The SMILES string of the molecule is C=C(OC1CCCC1)C(=O)OOC1CCCC1. The molecule has 0 unspecified atom stereocenters. The molecule has 0 amide bonds. The quantitative estimate of drug-likeness (QED) is 0.321. The molecule has 4 heteroatoms. The minimum atomic E-state index is -0.594. The third-order valence-electron chi connectivity index (χ3n) is 3.40. The van der Waals surface area contributed by atoms with Crippen molar-refractivity contribution >= 4 is 5.97 Å². The molecule has 0 aromatic heterocycles. The summed E-state index contributed by atoms with van der Waals surface area (Å²) in [4.78, 5) is 21.3. The number of hydrogen-bond acceptors (Lipinski definition) is 4. The minimum absolute atomic E-state index is 0.0539. The summed E-state index contributed by atoms with van der Waals surface area (Å²) in [5.74, 6) is -0.529. The number of carbonyl (C=O) groups excluding carboxylic acids is 1. The van der Waals surface area contributed by atoms with Gasteiger partial charge in [0.05, 0.1) is 6.10 Å². The van der Waals surface area contributed by atoms with Crippen molar-refractivity contribution < 1.29 is 19.3 Å². The standard InChI is InChI=1S/C13H20O4/c1-10(15-11-6-2-3-7-11)13(14)17-16-12-8-4-5-9-12/h11-12H,1-9H2. The molecule has 0 spiro atoms. The van der Waals surface area contributed by atoms with E-state index in [1.165, 1.54) is 0 Å². The summed E-state index contributed by atoms with van der Waals surface area (Å²) in [6, 6.07) is 0. The van der Waals surface area contributed by atoms with E-state index in [4.69, 9.17) is 14.5 Å². The van der Waals surface area contributed by atoms with Crippen molar-refractivity contribution in [2.45, 2.75) is 63.6 Å². The van der Waals surface area contributed by atoms with Crippen LogP contribution in [-0.2, 0) is 19.3 Å². The molecule has 2 aliphatic rings. The van der Waals surface area contributed by atoms with Crippen LogP contribution in [0.15, 0.2) is 12.3 Å². The Balaban J connectivity index is 1.65. The molecule has 0 radical (unpaired) electrons. The largest absolute Gasteiger partial charge is 0.484 e. The maximum absolute atomic E-state index is 11.5. The smallest absolute Gasteiger partial charge is 0.406 e. The highest BCUT2D eigenvalue weighted by Gasteiger charge is 2.23. The lowest BCUT2D eigenvalue weighted by atomic mass is 10.3. The molecule has 0 bridgehead atoms. The third kappa shape index (κ3) is 3.73. The maximum atomic E-state index is 11.5. The summed E-state index contributed by atoms with van der Waals surface area (Å²) in [5.41, 5.74) is 0. The zero-order chi connectivity index (χ0) is 12.1. The van der Waals surface area contributed by atoms with Crippen LogP contribution in [0.25, 0.3) is 0 Å². The third-order valence-corrected chi connectivity index (χ3v) is 3.40. The van der Waals surface area contributed by atoms with Crippen LogP contribution in [0.1, 0.15) is 51.4 Å². The second kappa shape index (κ2) is 6.05. The maximum Gasteiger partial charge on any atom is 0.406 e. The Morgan fingerprint density at radius 3 is 2.06 bits per heavy atom. The van der Waals surface area contributed by atoms with E-state index in [-0.39, 0.29) is 18.0 Å². The first-order valence-corrected chi connectivity index (χ1v) is 6.49. The van der Waals surface area contributed by atoms with Gasteiger partial charge in [0, 0.05) is 0 Å². The van der Waals surface area contributed by atoms with Crippen molar-refractivity contribution in [3.63, 3.8) is 0 Å². The van der Waals surface area contributed by atoms with Gasteiger partial charge in [0.25, 0.3) is 0 Å². The molecule has 96 valence electrons. The first-order valence-electron chi connectivity index (χ1n) is 6.49. The van der Waals surface area contributed by atoms with Gasteiger partial charge in [0.2, 0.25) is 5.76 Å². The zero-order valence-electron chi connectivity index (χ0n) is 10.2. The summed E-state index contributed by atoms with van der Waals surface area (Å²) in [6.45, 7) is 3.59. The molecule has 4 nitrogen and oxygen atoms in total. The molecule has 2 rings (SSSR count). The van der Waals surface area contributed by atoms with Gasteiger partial charge in [-0.25, -0.2) is 4.79 Å². The van der Waals surface area contributed by atoms with E-state index < -0.39 is 5.97 Å².